The lowest BCUT2D eigenvalue weighted by atomic mass is 10.1. The molecule has 3 fully saturated rings. The minimum absolute atomic E-state index is 0.00250. The molecule has 1 aromatic heterocycles. The van der Waals surface area contributed by atoms with Crippen molar-refractivity contribution in [1.82, 2.24) is 14.7 Å². The summed E-state index contributed by atoms with van der Waals surface area (Å²) in [5.74, 6) is 0.950. The summed E-state index contributed by atoms with van der Waals surface area (Å²) < 4.78 is 5.29. The first-order valence-electron chi connectivity index (χ1n) is 8.99. The van der Waals surface area contributed by atoms with Gasteiger partial charge in [0, 0.05) is 45.1 Å². The Morgan fingerprint density at radius 3 is 2.24 bits per heavy atom. The lowest BCUT2D eigenvalue weighted by Crippen LogP contribution is -2.52. The fourth-order valence-corrected chi connectivity index (χ4v) is 3.67. The Kier molecular flexibility index (Phi) is 4.23. The zero-order chi connectivity index (χ0) is 17.4. The summed E-state index contributed by atoms with van der Waals surface area (Å²) in [6.07, 6.45) is 3.86. The topological polar surface area (TPSA) is 74.1 Å². The molecule has 134 valence electrons. The number of likely N-dealkylation sites (tertiary alicyclic amines) is 1. The molecular weight excluding hydrogens is 322 g/mol. The first-order valence-corrected chi connectivity index (χ1v) is 8.99. The molecule has 2 aliphatic heterocycles. The zero-order valence-electron chi connectivity index (χ0n) is 14.2. The van der Waals surface area contributed by atoms with Gasteiger partial charge in [0.2, 0.25) is 17.7 Å². The predicted molar refractivity (Wildman–Crippen MR) is 88.1 cm³/mol. The van der Waals surface area contributed by atoms with Crippen LogP contribution in [0.15, 0.2) is 22.8 Å². The van der Waals surface area contributed by atoms with Crippen LogP contribution in [0.3, 0.4) is 0 Å². The van der Waals surface area contributed by atoms with E-state index in [0.29, 0.717) is 39.3 Å². The number of hydrogen-bond donors (Lipinski definition) is 0. The van der Waals surface area contributed by atoms with E-state index in [9.17, 15) is 14.4 Å². The van der Waals surface area contributed by atoms with Crippen molar-refractivity contribution < 1.29 is 18.8 Å². The van der Waals surface area contributed by atoms with Crippen molar-refractivity contribution in [2.24, 2.45) is 11.8 Å². The summed E-state index contributed by atoms with van der Waals surface area (Å²) in [6, 6.07) is 3.62. The molecule has 0 aromatic carbocycles. The van der Waals surface area contributed by atoms with Crippen molar-refractivity contribution in [3.63, 3.8) is 0 Å². The van der Waals surface area contributed by atoms with Crippen LogP contribution in [0.5, 0.6) is 0 Å². The summed E-state index contributed by atoms with van der Waals surface area (Å²) in [4.78, 5) is 42.4. The van der Waals surface area contributed by atoms with E-state index < -0.39 is 0 Å². The lowest BCUT2D eigenvalue weighted by Gasteiger charge is -2.36. The second-order valence-corrected chi connectivity index (χ2v) is 7.18. The third-order valence-corrected chi connectivity index (χ3v) is 5.32. The van der Waals surface area contributed by atoms with Crippen molar-refractivity contribution >= 4 is 17.7 Å². The van der Waals surface area contributed by atoms with E-state index in [1.807, 2.05) is 15.9 Å². The maximum atomic E-state index is 12.7. The van der Waals surface area contributed by atoms with Gasteiger partial charge in [-0.25, -0.2) is 0 Å². The highest BCUT2D eigenvalue weighted by atomic mass is 16.3. The van der Waals surface area contributed by atoms with Gasteiger partial charge in [-0.1, -0.05) is 0 Å². The standard InChI is InChI=1S/C18H23N3O4/c22-16-10-14(11-21(16)12-15-2-1-9-25-15)18(24)20-7-5-19(6-8-20)17(23)13-3-4-13/h1-2,9,13-14H,3-8,10-12H2/t14-/m1/s1. The molecule has 3 amide bonds. The molecule has 7 nitrogen and oxygen atoms in total. The number of piperazine rings is 1. The first kappa shape index (κ1) is 16.2. The maximum Gasteiger partial charge on any atom is 0.228 e. The van der Waals surface area contributed by atoms with Gasteiger partial charge in [-0.05, 0) is 25.0 Å². The molecule has 0 spiro atoms. The van der Waals surface area contributed by atoms with Gasteiger partial charge < -0.3 is 19.1 Å². The third-order valence-electron chi connectivity index (χ3n) is 5.32. The van der Waals surface area contributed by atoms with E-state index in [0.717, 1.165) is 18.6 Å². The van der Waals surface area contributed by atoms with Crippen LogP contribution < -0.4 is 0 Å². The SMILES string of the molecule is O=C1C[C@@H](C(=O)N2CCN(C(=O)C3CC3)CC2)CN1Cc1ccco1. The predicted octanol–water partition coefficient (Wildman–Crippen LogP) is 0.709. The molecule has 1 aromatic rings. The highest BCUT2D eigenvalue weighted by Gasteiger charge is 2.39. The average Bonchev–Trinajstić information content (AvgIpc) is 3.24. The first-order chi connectivity index (χ1) is 12.1. The maximum absolute atomic E-state index is 12.7. The van der Waals surface area contributed by atoms with Crippen LogP contribution in [-0.4, -0.2) is 65.1 Å². The molecular formula is C18H23N3O4. The molecule has 0 unspecified atom stereocenters. The fraction of sp³-hybridized carbons (Fsp3) is 0.611. The van der Waals surface area contributed by atoms with Crippen LogP contribution in [0.25, 0.3) is 0 Å². The van der Waals surface area contributed by atoms with Gasteiger partial charge in [-0.3, -0.25) is 14.4 Å². The Bertz CT molecular complexity index is 660. The van der Waals surface area contributed by atoms with Crippen molar-refractivity contribution in [3.8, 4) is 0 Å². The van der Waals surface area contributed by atoms with Gasteiger partial charge in [0.05, 0.1) is 18.7 Å². The zero-order valence-corrected chi connectivity index (χ0v) is 14.2. The molecule has 25 heavy (non-hydrogen) atoms. The smallest absolute Gasteiger partial charge is 0.228 e. The van der Waals surface area contributed by atoms with E-state index in [2.05, 4.69) is 0 Å². The number of furan rings is 1. The van der Waals surface area contributed by atoms with E-state index in [1.165, 1.54) is 0 Å². The average molecular weight is 345 g/mol. The second-order valence-electron chi connectivity index (χ2n) is 7.18. The quantitative estimate of drug-likeness (QED) is 0.805. The minimum Gasteiger partial charge on any atom is -0.467 e. The molecule has 1 saturated carbocycles. The second kappa shape index (κ2) is 6.54. The van der Waals surface area contributed by atoms with E-state index in [4.69, 9.17) is 4.42 Å². The molecule has 2 saturated heterocycles. The summed E-state index contributed by atoms with van der Waals surface area (Å²) in [6.45, 7) is 3.22. The normalized spacial score (nSPS) is 24.1. The molecule has 1 aliphatic carbocycles. The third kappa shape index (κ3) is 3.41. The van der Waals surface area contributed by atoms with Crippen molar-refractivity contribution in [2.75, 3.05) is 32.7 Å². The molecule has 3 heterocycles. The van der Waals surface area contributed by atoms with Gasteiger partial charge in [-0.2, -0.15) is 0 Å². The van der Waals surface area contributed by atoms with Crippen molar-refractivity contribution in [2.45, 2.75) is 25.8 Å². The van der Waals surface area contributed by atoms with Crippen molar-refractivity contribution in [1.29, 1.82) is 0 Å². The molecule has 4 rings (SSSR count). The Labute approximate surface area is 146 Å². The largest absolute Gasteiger partial charge is 0.467 e. The summed E-state index contributed by atoms with van der Waals surface area (Å²) >= 11 is 0. The molecule has 3 aliphatic rings. The number of nitrogens with zero attached hydrogens (tertiary/aromatic N) is 3. The minimum atomic E-state index is -0.284. The van der Waals surface area contributed by atoms with Crippen molar-refractivity contribution in [3.05, 3.63) is 24.2 Å². The summed E-state index contributed by atoms with van der Waals surface area (Å²) in [5.41, 5.74) is 0. The number of hydrogen-bond acceptors (Lipinski definition) is 4. The van der Waals surface area contributed by atoms with Crippen LogP contribution >= 0.6 is 0 Å². The molecule has 7 heteroatoms. The Hall–Kier alpha value is -2.31. The van der Waals surface area contributed by atoms with E-state index >= 15 is 0 Å². The molecule has 0 radical (unpaired) electrons. The highest BCUT2D eigenvalue weighted by molar-refractivity contribution is 5.89. The van der Waals surface area contributed by atoms with Gasteiger partial charge in [-0.15, -0.1) is 0 Å². The Morgan fingerprint density at radius 2 is 1.68 bits per heavy atom. The number of amides is 3. The van der Waals surface area contributed by atoms with Crippen LogP contribution in [0, 0.1) is 11.8 Å². The van der Waals surface area contributed by atoms with Gasteiger partial charge in [0.25, 0.3) is 0 Å². The van der Waals surface area contributed by atoms with Crippen LogP contribution in [-0.2, 0) is 20.9 Å². The van der Waals surface area contributed by atoms with Crippen LogP contribution in [0.1, 0.15) is 25.0 Å². The summed E-state index contributed by atoms with van der Waals surface area (Å²) in [7, 11) is 0. The lowest BCUT2D eigenvalue weighted by molar-refractivity contribution is -0.142. The van der Waals surface area contributed by atoms with Gasteiger partial charge >= 0.3 is 0 Å². The van der Waals surface area contributed by atoms with Crippen LogP contribution in [0.2, 0.25) is 0 Å². The van der Waals surface area contributed by atoms with Crippen LogP contribution in [0.4, 0.5) is 0 Å². The number of carbonyl (C=O) groups excluding carboxylic acids is 3. The van der Waals surface area contributed by atoms with Gasteiger partial charge in [0.1, 0.15) is 5.76 Å². The van der Waals surface area contributed by atoms with E-state index in [-0.39, 0.29) is 36.0 Å². The Balaban J connectivity index is 1.29. The Morgan fingerprint density at radius 1 is 1.04 bits per heavy atom. The number of rotatable bonds is 4. The fourth-order valence-electron chi connectivity index (χ4n) is 3.67. The summed E-state index contributed by atoms with van der Waals surface area (Å²) in [5, 5.41) is 0. The van der Waals surface area contributed by atoms with Gasteiger partial charge in [0.15, 0.2) is 0 Å². The highest BCUT2D eigenvalue weighted by Crippen LogP contribution is 2.31. The molecule has 0 N–H and O–H groups in total. The number of carbonyl (C=O) groups is 3. The molecule has 0 bridgehead atoms. The van der Waals surface area contributed by atoms with E-state index in [1.54, 1.807) is 17.2 Å². The monoisotopic (exact) mass is 345 g/mol. The molecule has 1 atom stereocenters.